The van der Waals surface area contributed by atoms with E-state index in [-0.39, 0.29) is 0 Å². The van der Waals surface area contributed by atoms with Gasteiger partial charge in [0.15, 0.2) is 5.82 Å². The number of hydrogen-bond acceptors (Lipinski definition) is 2. The van der Waals surface area contributed by atoms with Crippen LogP contribution in [-0.2, 0) is 0 Å². The van der Waals surface area contributed by atoms with Gasteiger partial charge in [0.25, 0.3) is 0 Å². The predicted molar refractivity (Wildman–Crippen MR) is 201 cm³/mol. The highest BCUT2D eigenvalue weighted by molar-refractivity contribution is 9.10. The molecule has 0 amide bonds. The van der Waals surface area contributed by atoms with E-state index in [0.29, 0.717) is 5.82 Å². The second-order valence-electron chi connectivity index (χ2n) is 11.9. The minimum absolute atomic E-state index is 0.700. The number of aromatic nitrogens is 2. The third kappa shape index (κ3) is 4.70. The van der Waals surface area contributed by atoms with Gasteiger partial charge in [-0.2, -0.15) is 0 Å². The number of nitrogens with zero attached hydrogens (tertiary/aromatic N) is 2. The lowest BCUT2D eigenvalue weighted by molar-refractivity contribution is 1.19. The Kier molecular flexibility index (Phi) is 6.65. The van der Waals surface area contributed by atoms with Crippen molar-refractivity contribution in [3.8, 4) is 45.0 Å². The molecule has 0 saturated heterocycles. The number of rotatable bonds is 4. The second kappa shape index (κ2) is 11.3. The van der Waals surface area contributed by atoms with E-state index in [9.17, 15) is 0 Å². The Morgan fingerprint density at radius 3 is 1.62 bits per heavy atom. The maximum atomic E-state index is 5.31. The Balaban J connectivity index is 1.30. The average molecular weight is 664 g/mol. The van der Waals surface area contributed by atoms with Crippen LogP contribution in [0.2, 0.25) is 0 Å². The molecular formula is C44H27BrN2. The fourth-order valence-electron chi connectivity index (χ4n) is 6.94. The van der Waals surface area contributed by atoms with Crippen molar-refractivity contribution in [2.24, 2.45) is 0 Å². The van der Waals surface area contributed by atoms with Gasteiger partial charge in [0, 0.05) is 21.2 Å². The molecule has 220 valence electrons. The Morgan fingerprint density at radius 2 is 0.894 bits per heavy atom. The molecule has 0 saturated carbocycles. The lowest BCUT2D eigenvalue weighted by atomic mass is 9.91. The number of hydrogen-bond donors (Lipinski definition) is 0. The van der Waals surface area contributed by atoms with Gasteiger partial charge in [0.05, 0.1) is 11.4 Å². The van der Waals surface area contributed by atoms with Crippen molar-refractivity contribution < 1.29 is 0 Å². The second-order valence-corrected chi connectivity index (χ2v) is 12.7. The van der Waals surface area contributed by atoms with Gasteiger partial charge in [-0.25, -0.2) is 9.97 Å². The van der Waals surface area contributed by atoms with E-state index in [4.69, 9.17) is 9.97 Å². The summed E-state index contributed by atoms with van der Waals surface area (Å²) in [6, 6.07) is 57.9. The molecular weight excluding hydrogens is 636 g/mol. The molecule has 0 N–H and O–H groups in total. The Morgan fingerprint density at radius 1 is 0.362 bits per heavy atom. The molecule has 0 aliphatic heterocycles. The third-order valence-corrected chi connectivity index (χ3v) is 9.97. The zero-order chi connectivity index (χ0) is 31.3. The quantitative estimate of drug-likeness (QED) is 0.138. The molecule has 9 aromatic rings. The van der Waals surface area contributed by atoms with Crippen LogP contribution in [0.25, 0.3) is 88.1 Å². The molecule has 2 nitrogen and oxygen atoms in total. The SMILES string of the molecule is Brc1c2ccccc2c(-c2cccc(-c3nc(-c4ccccc4)cc(-c4cc5ccccc5c5ccccc45)n3)c2)c2ccccc12. The van der Waals surface area contributed by atoms with Gasteiger partial charge in [0.2, 0.25) is 0 Å². The summed E-state index contributed by atoms with van der Waals surface area (Å²) >= 11 is 3.91. The van der Waals surface area contributed by atoms with Crippen molar-refractivity contribution >= 4 is 59.0 Å². The molecule has 0 bridgehead atoms. The van der Waals surface area contributed by atoms with Crippen LogP contribution in [0.4, 0.5) is 0 Å². The van der Waals surface area contributed by atoms with Crippen LogP contribution in [0.1, 0.15) is 0 Å². The number of halogens is 1. The fraction of sp³-hybridized carbons (Fsp3) is 0. The van der Waals surface area contributed by atoms with Crippen molar-refractivity contribution in [1.29, 1.82) is 0 Å². The van der Waals surface area contributed by atoms with Crippen LogP contribution in [0.15, 0.2) is 168 Å². The third-order valence-electron chi connectivity index (χ3n) is 9.11. The van der Waals surface area contributed by atoms with Gasteiger partial charge in [0.1, 0.15) is 0 Å². The fourth-order valence-corrected chi connectivity index (χ4v) is 7.63. The van der Waals surface area contributed by atoms with E-state index in [1.54, 1.807) is 0 Å². The van der Waals surface area contributed by atoms with Crippen molar-refractivity contribution in [1.82, 2.24) is 9.97 Å². The van der Waals surface area contributed by atoms with Crippen molar-refractivity contribution in [3.05, 3.63) is 168 Å². The van der Waals surface area contributed by atoms with Crippen LogP contribution in [0, 0.1) is 0 Å². The minimum atomic E-state index is 0.700. The maximum Gasteiger partial charge on any atom is 0.160 e. The molecule has 0 radical (unpaired) electrons. The smallest absolute Gasteiger partial charge is 0.160 e. The summed E-state index contributed by atoms with van der Waals surface area (Å²) in [6.07, 6.45) is 0. The first-order valence-electron chi connectivity index (χ1n) is 15.8. The molecule has 1 heterocycles. The van der Waals surface area contributed by atoms with Crippen LogP contribution in [0.3, 0.4) is 0 Å². The van der Waals surface area contributed by atoms with Gasteiger partial charge in [-0.05, 0) is 88.3 Å². The van der Waals surface area contributed by atoms with Crippen molar-refractivity contribution in [3.63, 3.8) is 0 Å². The zero-order valence-corrected chi connectivity index (χ0v) is 26.9. The van der Waals surface area contributed by atoms with Crippen molar-refractivity contribution in [2.75, 3.05) is 0 Å². The summed E-state index contributed by atoms with van der Waals surface area (Å²) in [5.74, 6) is 0.700. The lowest BCUT2D eigenvalue weighted by Gasteiger charge is -2.16. The molecule has 47 heavy (non-hydrogen) atoms. The highest BCUT2D eigenvalue weighted by Gasteiger charge is 2.17. The van der Waals surface area contributed by atoms with E-state index in [1.165, 1.54) is 48.7 Å². The Labute approximate surface area is 281 Å². The maximum absolute atomic E-state index is 5.31. The molecule has 8 aromatic carbocycles. The van der Waals surface area contributed by atoms with Crippen LogP contribution in [-0.4, -0.2) is 9.97 Å². The highest BCUT2D eigenvalue weighted by atomic mass is 79.9. The zero-order valence-electron chi connectivity index (χ0n) is 25.4. The number of fused-ring (bicyclic) bond motifs is 5. The van der Waals surface area contributed by atoms with Gasteiger partial charge < -0.3 is 0 Å². The molecule has 9 rings (SSSR count). The normalized spacial score (nSPS) is 11.5. The van der Waals surface area contributed by atoms with E-state index in [2.05, 4.69) is 174 Å². The average Bonchev–Trinajstić information content (AvgIpc) is 3.15. The van der Waals surface area contributed by atoms with Gasteiger partial charge in [-0.1, -0.05) is 146 Å². The predicted octanol–water partition coefficient (Wildman–Crippen LogP) is 12.5. The van der Waals surface area contributed by atoms with E-state index < -0.39 is 0 Å². The first-order chi connectivity index (χ1) is 23.2. The Bertz CT molecular complexity index is 2590. The first kappa shape index (κ1) is 27.7. The van der Waals surface area contributed by atoms with Gasteiger partial charge in [-0.3, -0.25) is 0 Å². The summed E-state index contributed by atoms with van der Waals surface area (Å²) in [7, 11) is 0. The van der Waals surface area contributed by atoms with E-state index in [1.807, 2.05) is 6.07 Å². The minimum Gasteiger partial charge on any atom is -0.228 e. The van der Waals surface area contributed by atoms with Crippen molar-refractivity contribution in [2.45, 2.75) is 0 Å². The molecule has 0 atom stereocenters. The summed E-state index contributed by atoms with van der Waals surface area (Å²) in [5, 5.41) is 9.63. The molecule has 0 fully saturated rings. The van der Waals surface area contributed by atoms with Crippen LogP contribution >= 0.6 is 15.9 Å². The van der Waals surface area contributed by atoms with E-state index in [0.717, 1.165) is 38.1 Å². The monoisotopic (exact) mass is 662 g/mol. The van der Waals surface area contributed by atoms with E-state index >= 15 is 0 Å². The molecule has 0 aliphatic rings. The topological polar surface area (TPSA) is 25.8 Å². The molecule has 0 spiro atoms. The summed E-state index contributed by atoms with van der Waals surface area (Å²) < 4.78 is 1.12. The van der Waals surface area contributed by atoms with Crippen LogP contribution < -0.4 is 0 Å². The molecule has 1 aromatic heterocycles. The van der Waals surface area contributed by atoms with Gasteiger partial charge in [-0.15, -0.1) is 0 Å². The van der Waals surface area contributed by atoms with Crippen LogP contribution in [0.5, 0.6) is 0 Å². The highest BCUT2D eigenvalue weighted by Crippen LogP contribution is 2.42. The molecule has 3 heteroatoms. The Hall–Kier alpha value is -5.64. The summed E-state index contributed by atoms with van der Waals surface area (Å²) in [5.41, 5.74) is 7.27. The lowest BCUT2D eigenvalue weighted by Crippen LogP contribution is -1.97. The first-order valence-corrected chi connectivity index (χ1v) is 16.6. The summed E-state index contributed by atoms with van der Waals surface area (Å²) in [4.78, 5) is 10.5. The van der Waals surface area contributed by atoms with Gasteiger partial charge >= 0.3 is 0 Å². The molecule has 0 unspecified atom stereocenters. The summed E-state index contributed by atoms with van der Waals surface area (Å²) in [6.45, 7) is 0. The number of benzene rings is 8. The largest absolute Gasteiger partial charge is 0.228 e. The molecule has 0 aliphatic carbocycles. The standard InChI is InChI=1S/C44H27BrN2/c45-43-37-23-10-8-21-35(37)42(36-22-9-11-24-38(36)43)30-16-12-17-31(25-30)44-46-40(28-13-2-1-3-14-28)27-41(47-44)39-26-29-15-4-5-18-32(29)33-19-6-7-20-34(33)39/h1-27H.